The molecule has 0 aliphatic heterocycles. The van der Waals surface area contributed by atoms with Crippen LogP contribution in [-0.4, -0.2) is 9.97 Å². The van der Waals surface area contributed by atoms with Crippen molar-refractivity contribution in [1.82, 2.24) is 9.97 Å². The van der Waals surface area contributed by atoms with Crippen LogP contribution in [0, 0.1) is 0 Å². The summed E-state index contributed by atoms with van der Waals surface area (Å²) < 4.78 is 6.36. The van der Waals surface area contributed by atoms with Gasteiger partial charge in [0.1, 0.15) is 11.2 Å². The summed E-state index contributed by atoms with van der Waals surface area (Å²) in [6.45, 7) is 2.20. The van der Waals surface area contributed by atoms with Crippen LogP contribution in [0.25, 0.3) is 110 Å². The van der Waals surface area contributed by atoms with Crippen LogP contribution in [0.1, 0.15) is 12.5 Å². The number of hydrogen-bond donors (Lipinski definition) is 0. The predicted octanol–water partition coefficient (Wildman–Crippen LogP) is 14.7. The summed E-state index contributed by atoms with van der Waals surface area (Å²) in [5.41, 5.74) is 12.7. The van der Waals surface area contributed by atoms with E-state index >= 15 is 0 Å². The number of nitrogens with zero attached hydrogens (tertiary/aromatic N) is 2. The Morgan fingerprint density at radius 3 is 1.61 bits per heavy atom. The summed E-state index contributed by atoms with van der Waals surface area (Å²) in [4.78, 5) is 10.8. The van der Waals surface area contributed by atoms with E-state index in [1.807, 2.05) is 12.1 Å². The highest BCUT2D eigenvalue weighted by atomic mass is 16.3. The molecule has 0 fully saturated rings. The third kappa shape index (κ3) is 5.50. The monoisotopic (exact) mass is 728 g/mol. The normalized spacial score (nSPS) is 11.7. The molecule has 3 nitrogen and oxygen atoms in total. The molecule has 11 aromatic rings. The predicted molar refractivity (Wildman–Crippen MR) is 238 cm³/mol. The first-order chi connectivity index (χ1) is 28.2. The van der Waals surface area contributed by atoms with Gasteiger partial charge in [-0.15, -0.1) is 0 Å². The Balaban J connectivity index is 1.13. The first-order valence-electron chi connectivity index (χ1n) is 19.6. The van der Waals surface area contributed by atoms with Gasteiger partial charge >= 0.3 is 0 Å². The second-order valence-corrected chi connectivity index (χ2v) is 14.7. The highest BCUT2D eigenvalue weighted by molar-refractivity contribution is 6.29. The van der Waals surface area contributed by atoms with Crippen LogP contribution in [0.2, 0.25) is 0 Å². The van der Waals surface area contributed by atoms with E-state index in [2.05, 4.69) is 183 Å². The molecule has 3 heteroatoms. The Bertz CT molecular complexity index is 3310. The molecule has 0 unspecified atom stereocenters. The molecule has 9 aromatic carbocycles. The van der Waals surface area contributed by atoms with Crippen LogP contribution >= 0.6 is 0 Å². The number of para-hydroxylation sites is 1. The molecule has 0 spiro atoms. The molecule has 0 bridgehead atoms. The van der Waals surface area contributed by atoms with Crippen LogP contribution in [0.15, 0.2) is 192 Å². The standard InChI is InChI=1S/C54H36N2O/c1-2-40-52(36-16-7-4-8-17-36)55-54(56-53(40)37-26-24-35(25-27-37)34-14-5-3-6-15-34)39-29-31-47-48(32-39)43-19-10-9-18-42(43)46-22-13-21-41(51(46)47)38-28-30-45-44-20-11-12-23-49(44)57-50(45)33-38/h3-33H,2H2,1H3. The van der Waals surface area contributed by atoms with E-state index < -0.39 is 0 Å². The van der Waals surface area contributed by atoms with Crippen molar-refractivity contribution in [3.8, 4) is 56.2 Å². The number of hydrogen-bond acceptors (Lipinski definition) is 3. The zero-order valence-corrected chi connectivity index (χ0v) is 31.4. The molecule has 0 saturated carbocycles. The number of fused-ring (bicyclic) bond motifs is 9. The molecule has 0 radical (unpaired) electrons. The average Bonchev–Trinajstić information content (AvgIpc) is 3.67. The summed E-state index contributed by atoms with van der Waals surface area (Å²) in [6.07, 6.45) is 0.803. The Morgan fingerprint density at radius 1 is 0.368 bits per heavy atom. The highest BCUT2D eigenvalue weighted by Crippen LogP contribution is 2.43. The Morgan fingerprint density at radius 2 is 0.877 bits per heavy atom. The fraction of sp³-hybridized carbons (Fsp3) is 0.0370. The molecular weight excluding hydrogens is 693 g/mol. The number of rotatable bonds is 6. The number of aromatic nitrogens is 2. The maximum absolute atomic E-state index is 6.36. The van der Waals surface area contributed by atoms with Crippen molar-refractivity contribution in [1.29, 1.82) is 0 Å². The maximum atomic E-state index is 6.36. The zero-order valence-electron chi connectivity index (χ0n) is 31.4. The van der Waals surface area contributed by atoms with E-state index in [1.54, 1.807) is 0 Å². The second-order valence-electron chi connectivity index (χ2n) is 14.7. The van der Waals surface area contributed by atoms with Gasteiger partial charge in [-0.1, -0.05) is 171 Å². The van der Waals surface area contributed by atoms with Crippen LogP contribution in [0.3, 0.4) is 0 Å². The third-order valence-corrected chi connectivity index (χ3v) is 11.5. The minimum absolute atomic E-state index is 0.711. The Kier molecular flexibility index (Phi) is 7.78. The van der Waals surface area contributed by atoms with Crippen LogP contribution in [-0.2, 0) is 6.42 Å². The maximum Gasteiger partial charge on any atom is 0.160 e. The summed E-state index contributed by atoms with van der Waals surface area (Å²) >= 11 is 0. The van der Waals surface area contributed by atoms with Gasteiger partial charge in [0.2, 0.25) is 0 Å². The number of furan rings is 1. The molecule has 0 aliphatic carbocycles. The van der Waals surface area contributed by atoms with Gasteiger partial charge in [0.15, 0.2) is 5.82 Å². The van der Waals surface area contributed by atoms with Gasteiger partial charge in [-0.25, -0.2) is 9.97 Å². The van der Waals surface area contributed by atoms with Crippen molar-refractivity contribution in [3.63, 3.8) is 0 Å². The van der Waals surface area contributed by atoms with E-state index in [0.717, 1.165) is 67.6 Å². The SMILES string of the molecule is CCc1c(-c2ccccc2)nc(-c2ccc3c(c2)c2ccccc2c2cccc(-c4ccc5c(c4)oc4ccccc45)c23)nc1-c1ccc(-c2ccccc2)cc1. The zero-order chi connectivity index (χ0) is 37.9. The van der Waals surface area contributed by atoms with Crippen molar-refractivity contribution < 1.29 is 4.42 Å². The van der Waals surface area contributed by atoms with Crippen LogP contribution in [0.5, 0.6) is 0 Å². The summed E-state index contributed by atoms with van der Waals surface area (Å²) in [7, 11) is 0. The molecule has 0 N–H and O–H groups in total. The van der Waals surface area contributed by atoms with Gasteiger partial charge < -0.3 is 4.42 Å². The average molecular weight is 729 g/mol. The second kappa shape index (κ2) is 13.4. The first-order valence-corrected chi connectivity index (χ1v) is 19.6. The summed E-state index contributed by atoms with van der Waals surface area (Å²) in [5.74, 6) is 0.711. The Labute approximate surface area is 330 Å². The summed E-state index contributed by atoms with van der Waals surface area (Å²) in [5, 5.41) is 9.50. The van der Waals surface area contributed by atoms with Crippen molar-refractivity contribution >= 4 is 54.3 Å². The van der Waals surface area contributed by atoms with Crippen molar-refractivity contribution in [2.75, 3.05) is 0 Å². The topological polar surface area (TPSA) is 38.9 Å². The van der Waals surface area contributed by atoms with Gasteiger partial charge in [-0.05, 0) is 85.3 Å². The van der Waals surface area contributed by atoms with Gasteiger partial charge in [-0.3, -0.25) is 0 Å². The lowest BCUT2D eigenvalue weighted by atomic mass is 9.88. The molecule has 0 aliphatic rings. The fourth-order valence-corrected chi connectivity index (χ4v) is 8.75. The summed E-state index contributed by atoms with van der Waals surface area (Å²) in [6, 6.07) is 66.9. The quantitative estimate of drug-likeness (QED) is 0.160. The molecule has 2 heterocycles. The van der Waals surface area contributed by atoms with Crippen molar-refractivity contribution in [2.24, 2.45) is 0 Å². The van der Waals surface area contributed by atoms with Gasteiger partial charge in [0, 0.05) is 33.0 Å². The van der Waals surface area contributed by atoms with E-state index in [4.69, 9.17) is 14.4 Å². The van der Waals surface area contributed by atoms with Crippen molar-refractivity contribution in [3.05, 3.63) is 194 Å². The largest absolute Gasteiger partial charge is 0.456 e. The van der Waals surface area contributed by atoms with E-state index in [9.17, 15) is 0 Å². The van der Waals surface area contributed by atoms with Gasteiger partial charge in [-0.2, -0.15) is 0 Å². The highest BCUT2D eigenvalue weighted by Gasteiger charge is 2.20. The molecule has 57 heavy (non-hydrogen) atoms. The van der Waals surface area contributed by atoms with Crippen LogP contribution in [0.4, 0.5) is 0 Å². The molecule has 268 valence electrons. The molecule has 2 aromatic heterocycles. The lowest BCUT2D eigenvalue weighted by molar-refractivity contribution is 0.669. The van der Waals surface area contributed by atoms with Crippen LogP contribution < -0.4 is 0 Å². The first kappa shape index (κ1) is 33.0. The van der Waals surface area contributed by atoms with Crippen molar-refractivity contribution in [2.45, 2.75) is 13.3 Å². The number of benzene rings is 9. The third-order valence-electron chi connectivity index (χ3n) is 11.5. The van der Waals surface area contributed by atoms with Gasteiger partial charge in [0.05, 0.1) is 11.4 Å². The lowest BCUT2D eigenvalue weighted by Gasteiger charge is -2.17. The minimum atomic E-state index is 0.711. The Hall–Kier alpha value is -7.36. The molecule has 11 rings (SSSR count). The van der Waals surface area contributed by atoms with E-state index in [0.29, 0.717) is 5.82 Å². The molecule has 0 atom stereocenters. The molecular formula is C54H36N2O. The smallest absolute Gasteiger partial charge is 0.160 e. The molecule has 0 amide bonds. The van der Waals surface area contributed by atoms with E-state index in [1.165, 1.54) is 49.0 Å². The minimum Gasteiger partial charge on any atom is -0.456 e. The lowest BCUT2D eigenvalue weighted by Crippen LogP contribution is -2.03. The van der Waals surface area contributed by atoms with Gasteiger partial charge in [0.25, 0.3) is 0 Å². The fourth-order valence-electron chi connectivity index (χ4n) is 8.75. The van der Waals surface area contributed by atoms with E-state index in [-0.39, 0.29) is 0 Å². The molecule has 0 saturated heterocycles.